The van der Waals surface area contributed by atoms with E-state index >= 15 is 0 Å². The van der Waals surface area contributed by atoms with E-state index in [9.17, 15) is 5.11 Å². The van der Waals surface area contributed by atoms with Crippen molar-refractivity contribution in [3.8, 4) is 5.75 Å². The molecule has 16 heavy (non-hydrogen) atoms. The molecule has 8 heteroatoms. The smallest absolute Gasteiger partial charge is 0.251 e. The van der Waals surface area contributed by atoms with Gasteiger partial charge in [0.1, 0.15) is 16.9 Å². The van der Waals surface area contributed by atoms with E-state index in [-0.39, 0.29) is 15.8 Å². The van der Waals surface area contributed by atoms with Crippen LogP contribution in [0.4, 0.5) is 10.8 Å². The summed E-state index contributed by atoms with van der Waals surface area (Å²) in [5, 5.41) is 25.1. The van der Waals surface area contributed by atoms with E-state index in [1.807, 2.05) is 0 Å². The number of nitrogens with zero attached hydrogens (tertiary/aromatic N) is 4. The quantitative estimate of drug-likeness (QED) is 0.843. The first kappa shape index (κ1) is 11.3. The number of azo groups is 1. The van der Waals surface area contributed by atoms with Gasteiger partial charge in [0, 0.05) is 6.07 Å². The summed E-state index contributed by atoms with van der Waals surface area (Å²) in [6.07, 6.45) is 0. The fourth-order valence-corrected chi connectivity index (χ4v) is 1.63. The van der Waals surface area contributed by atoms with Gasteiger partial charge in [-0.15, -0.1) is 20.4 Å². The van der Waals surface area contributed by atoms with Crippen molar-refractivity contribution >= 4 is 45.4 Å². The van der Waals surface area contributed by atoms with Crippen molar-refractivity contribution in [2.75, 3.05) is 0 Å². The van der Waals surface area contributed by atoms with Crippen LogP contribution in [0.25, 0.3) is 0 Å². The van der Waals surface area contributed by atoms with Gasteiger partial charge in [-0.2, -0.15) is 0 Å². The maximum absolute atomic E-state index is 9.27. The molecule has 0 bridgehead atoms. The summed E-state index contributed by atoms with van der Waals surface area (Å²) in [4.78, 5) is 0. The van der Waals surface area contributed by atoms with Gasteiger partial charge in [-0.05, 0) is 6.07 Å². The predicted molar refractivity (Wildman–Crippen MR) is 62.2 cm³/mol. The van der Waals surface area contributed by atoms with Crippen LogP contribution in [0, 0.1) is 0 Å². The highest BCUT2D eigenvalue weighted by Gasteiger charge is 2.05. The number of aromatic hydroxyl groups is 1. The molecule has 5 nitrogen and oxygen atoms in total. The maximum Gasteiger partial charge on any atom is 0.251 e. The van der Waals surface area contributed by atoms with E-state index in [1.165, 1.54) is 23.5 Å². The zero-order chi connectivity index (χ0) is 11.5. The van der Waals surface area contributed by atoms with Crippen molar-refractivity contribution in [3.63, 3.8) is 0 Å². The Morgan fingerprint density at radius 3 is 2.69 bits per heavy atom. The number of aromatic nitrogens is 2. The first-order valence-electron chi connectivity index (χ1n) is 4.03. The molecule has 0 saturated heterocycles. The predicted octanol–water partition coefficient (Wildman–Crippen LogP) is 3.97. The van der Waals surface area contributed by atoms with Crippen LogP contribution < -0.4 is 0 Å². The van der Waals surface area contributed by atoms with Crippen molar-refractivity contribution < 1.29 is 5.11 Å². The molecule has 2 aromatic rings. The number of phenols is 1. The average Bonchev–Trinajstić information content (AvgIpc) is 2.74. The molecule has 1 aromatic heterocycles. The molecule has 2 rings (SSSR count). The van der Waals surface area contributed by atoms with Gasteiger partial charge in [0.15, 0.2) is 0 Å². The van der Waals surface area contributed by atoms with Crippen LogP contribution in [0.2, 0.25) is 10.0 Å². The summed E-state index contributed by atoms with van der Waals surface area (Å²) in [6.45, 7) is 0. The largest absolute Gasteiger partial charge is 0.506 e. The van der Waals surface area contributed by atoms with Gasteiger partial charge >= 0.3 is 0 Å². The Labute approximate surface area is 104 Å². The third-order valence-electron chi connectivity index (χ3n) is 1.61. The number of hydrogen-bond donors (Lipinski definition) is 1. The van der Waals surface area contributed by atoms with E-state index in [4.69, 9.17) is 23.2 Å². The molecule has 0 fully saturated rings. The van der Waals surface area contributed by atoms with Crippen molar-refractivity contribution in [1.29, 1.82) is 0 Å². The lowest BCUT2D eigenvalue weighted by Gasteiger charge is -1.99. The fraction of sp³-hybridized carbons (Fsp3) is 0. The molecule has 0 atom stereocenters. The molecule has 0 aliphatic heterocycles. The Morgan fingerprint density at radius 1 is 1.19 bits per heavy atom. The molecule has 0 aliphatic rings. The Morgan fingerprint density at radius 2 is 2.00 bits per heavy atom. The zero-order valence-electron chi connectivity index (χ0n) is 7.63. The molecular weight excluding hydrogens is 271 g/mol. The minimum atomic E-state index is -0.0958. The number of phenolic OH excluding ortho intramolecular Hbond substituents is 1. The Hall–Kier alpha value is -1.24. The fourth-order valence-electron chi connectivity index (χ4n) is 0.910. The summed E-state index contributed by atoms with van der Waals surface area (Å²) in [7, 11) is 0. The van der Waals surface area contributed by atoms with Crippen molar-refractivity contribution in [2.45, 2.75) is 0 Å². The molecule has 0 unspecified atom stereocenters. The lowest BCUT2D eigenvalue weighted by molar-refractivity contribution is 0.475. The van der Waals surface area contributed by atoms with Gasteiger partial charge in [-0.25, -0.2) is 0 Å². The van der Waals surface area contributed by atoms with Crippen molar-refractivity contribution in [2.24, 2.45) is 10.2 Å². The molecular formula is C8H4Cl2N4OS. The highest BCUT2D eigenvalue weighted by Crippen LogP contribution is 2.35. The highest BCUT2D eigenvalue weighted by atomic mass is 35.5. The topological polar surface area (TPSA) is 70.7 Å². The molecule has 0 saturated carbocycles. The molecule has 1 N–H and O–H groups in total. The van der Waals surface area contributed by atoms with E-state index in [2.05, 4.69) is 20.4 Å². The normalized spacial score (nSPS) is 11.1. The second-order valence-corrected chi connectivity index (χ2v) is 4.30. The number of benzene rings is 1. The molecule has 1 heterocycles. The average molecular weight is 275 g/mol. The van der Waals surface area contributed by atoms with Crippen LogP contribution in [0.15, 0.2) is 27.9 Å². The number of halogens is 2. The van der Waals surface area contributed by atoms with Gasteiger partial charge in [0.2, 0.25) is 0 Å². The van der Waals surface area contributed by atoms with E-state index in [0.29, 0.717) is 10.8 Å². The minimum Gasteiger partial charge on any atom is -0.506 e. The van der Waals surface area contributed by atoms with Gasteiger partial charge in [-0.1, -0.05) is 34.5 Å². The Balaban J connectivity index is 2.31. The summed E-state index contributed by atoms with van der Waals surface area (Å²) >= 11 is 12.8. The van der Waals surface area contributed by atoms with Crippen LogP contribution in [-0.2, 0) is 0 Å². The van der Waals surface area contributed by atoms with Gasteiger partial charge in [0.05, 0.1) is 10.0 Å². The monoisotopic (exact) mass is 274 g/mol. The number of rotatable bonds is 2. The van der Waals surface area contributed by atoms with Crippen LogP contribution >= 0.6 is 34.5 Å². The third-order valence-corrected chi connectivity index (χ3v) is 2.79. The van der Waals surface area contributed by atoms with Gasteiger partial charge in [0.25, 0.3) is 5.13 Å². The van der Waals surface area contributed by atoms with E-state index < -0.39 is 0 Å². The first-order valence-corrected chi connectivity index (χ1v) is 5.66. The maximum atomic E-state index is 9.27. The third kappa shape index (κ3) is 2.46. The lowest BCUT2D eigenvalue weighted by Crippen LogP contribution is -1.71. The van der Waals surface area contributed by atoms with E-state index in [1.54, 1.807) is 5.51 Å². The highest BCUT2D eigenvalue weighted by molar-refractivity contribution is 7.13. The molecule has 82 valence electrons. The zero-order valence-corrected chi connectivity index (χ0v) is 9.96. The van der Waals surface area contributed by atoms with Gasteiger partial charge in [-0.3, -0.25) is 0 Å². The summed E-state index contributed by atoms with van der Waals surface area (Å²) in [5.74, 6) is -0.0958. The SMILES string of the molecule is Oc1cc(Cl)c(N=Nc2nncs2)cc1Cl. The van der Waals surface area contributed by atoms with Crippen molar-refractivity contribution in [3.05, 3.63) is 27.7 Å². The standard InChI is InChI=1S/C8H4Cl2N4OS/c9-4-2-7(15)5(10)1-6(4)12-14-8-13-11-3-16-8/h1-3,15H. The molecule has 0 radical (unpaired) electrons. The van der Waals surface area contributed by atoms with Gasteiger partial charge < -0.3 is 5.11 Å². The molecule has 1 aromatic carbocycles. The minimum absolute atomic E-state index is 0.0958. The number of hydrogen-bond acceptors (Lipinski definition) is 6. The van der Waals surface area contributed by atoms with Crippen LogP contribution in [0.5, 0.6) is 5.75 Å². The second-order valence-electron chi connectivity index (χ2n) is 2.68. The summed E-state index contributed by atoms with van der Waals surface area (Å²) in [5.41, 5.74) is 1.90. The Kier molecular flexibility index (Phi) is 3.33. The second kappa shape index (κ2) is 4.73. The molecule has 0 aliphatic carbocycles. The first-order chi connectivity index (χ1) is 7.66. The van der Waals surface area contributed by atoms with Crippen LogP contribution in [-0.4, -0.2) is 15.3 Å². The summed E-state index contributed by atoms with van der Waals surface area (Å²) < 4.78 is 0. The summed E-state index contributed by atoms with van der Waals surface area (Å²) in [6, 6.07) is 2.72. The van der Waals surface area contributed by atoms with E-state index in [0.717, 1.165) is 0 Å². The Bertz CT molecular complexity index is 529. The van der Waals surface area contributed by atoms with Crippen LogP contribution in [0.3, 0.4) is 0 Å². The molecule has 0 spiro atoms. The lowest BCUT2D eigenvalue weighted by atomic mass is 10.3. The molecule has 0 amide bonds. The van der Waals surface area contributed by atoms with Crippen molar-refractivity contribution in [1.82, 2.24) is 10.2 Å². The van der Waals surface area contributed by atoms with Crippen LogP contribution in [0.1, 0.15) is 0 Å².